The minimum absolute atomic E-state index is 0.0954. The predicted octanol–water partition coefficient (Wildman–Crippen LogP) is 12.4. The molecule has 0 saturated heterocycles. The van der Waals surface area contributed by atoms with Gasteiger partial charge in [0.15, 0.2) is 0 Å². The first kappa shape index (κ1) is 40.5. The van der Waals surface area contributed by atoms with Crippen LogP contribution in [0.4, 0.5) is 0 Å². The molecule has 4 rings (SSSR count). The van der Waals surface area contributed by atoms with Crippen molar-refractivity contribution in [3.63, 3.8) is 0 Å². The molecule has 2 atom stereocenters. The number of nitrogens with zero attached hydrogens (tertiary/aromatic N) is 2. The first-order valence-electron chi connectivity index (χ1n) is 20.5. The molecule has 0 aliphatic rings. The monoisotopic (exact) mass is 689 g/mol. The van der Waals surface area contributed by atoms with Crippen molar-refractivity contribution in [3.05, 3.63) is 144 Å². The fourth-order valence-corrected chi connectivity index (χ4v) is 7.53. The van der Waals surface area contributed by atoms with Crippen molar-refractivity contribution in [2.45, 2.75) is 148 Å². The lowest BCUT2D eigenvalue weighted by atomic mass is 9.96. The minimum Gasteiger partial charge on any atom is -0.391 e. The Morgan fingerprint density at radius 1 is 0.412 bits per heavy atom. The number of aliphatic hydroxyl groups is 1. The van der Waals surface area contributed by atoms with E-state index in [1.54, 1.807) is 0 Å². The number of rotatable bonds is 28. The fourth-order valence-electron chi connectivity index (χ4n) is 7.53. The summed E-state index contributed by atoms with van der Waals surface area (Å²) in [6.45, 7) is 6.83. The summed E-state index contributed by atoms with van der Waals surface area (Å²) in [6, 6.07) is 43.5. The van der Waals surface area contributed by atoms with Crippen LogP contribution in [0.2, 0.25) is 0 Å². The number of benzene rings is 4. The molecule has 4 aromatic carbocycles. The summed E-state index contributed by atoms with van der Waals surface area (Å²) in [7, 11) is 0. The van der Waals surface area contributed by atoms with Crippen molar-refractivity contribution in [2.75, 3.05) is 6.54 Å². The number of aliphatic hydroxyl groups excluding tert-OH is 1. The Balaban J connectivity index is 1.36. The zero-order valence-corrected chi connectivity index (χ0v) is 31.9. The van der Waals surface area contributed by atoms with Crippen LogP contribution < -0.4 is 0 Å². The molecule has 0 aliphatic carbocycles. The zero-order valence-electron chi connectivity index (χ0n) is 31.9. The van der Waals surface area contributed by atoms with Gasteiger partial charge in [-0.25, -0.2) is 0 Å². The Hall–Kier alpha value is -3.24. The molecule has 0 amide bonds. The van der Waals surface area contributed by atoms with Crippen molar-refractivity contribution >= 4 is 0 Å². The summed E-state index contributed by atoms with van der Waals surface area (Å²) in [6.07, 6.45) is 20.1. The topological polar surface area (TPSA) is 26.7 Å². The van der Waals surface area contributed by atoms with E-state index in [1.807, 2.05) is 0 Å². The molecule has 0 aromatic heterocycles. The lowest BCUT2D eigenvalue weighted by molar-refractivity contribution is 0.0252. The highest BCUT2D eigenvalue weighted by atomic mass is 16.3. The van der Waals surface area contributed by atoms with Crippen LogP contribution in [-0.4, -0.2) is 33.6 Å². The lowest BCUT2D eigenvalue weighted by Gasteiger charge is -2.36. The largest absolute Gasteiger partial charge is 0.391 e. The molecule has 0 bridgehead atoms. The molecule has 0 saturated carbocycles. The summed E-state index contributed by atoms with van der Waals surface area (Å²) in [5.74, 6) is 0. The molecule has 51 heavy (non-hydrogen) atoms. The molecular formula is C48H68N2O. The third kappa shape index (κ3) is 17.2. The van der Waals surface area contributed by atoms with E-state index in [0.717, 1.165) is 58.4 Å². The predicted molar refractivity (Wildman–Crippen MR) is 218 cm³/mol. The lowest BCUT2D eigenvalue weighted by Crippen LogP contribution is -2.43. The molecule has 3 nitrogen and oxygen atoms in total. The zero-order chi connectivity index (χ0) is 35.6. The summed E-state index contributed by atoms with van der Waals surface area (Å²) in [5, 5.41) is 12.0. The van der Waals surface area contributed by atoms with Gasteiger partial charge >= 0.3 is 0 Å². The number of hydrogen-bond acceptors (Lipinski definition) is 3. The van der Waals surface area contributed by atoms with Gasteiger partial charge in [0.25, 0.3) is 0 Å². The molecule has 0 unspecified atom stereocenters. The van der Waals surface area contributed by atoms with Crippen LogP contribution in [0.25, 0.3) is 0 Å². The molecule has 0 heterocycles. The Kier molecular flexibility index (Phi) is 20.4. The van der Waals surface area contributed by atoms with E-state index in [-0.39, 0.29) is 12.1 Å². The second-order valence-corrected chi connectivity index (χ2v) is 14.9. The summed E-state index contributed by atoms with van der Waals surface area (Å²) < 4.78 is 0. The van der Waals surface area contributed by atoms with Gasteiger partial charge in [0, 0.05) is 32.2 Å². The van der Waals surface area contributed by atoms with Crippen LogP contribution >= 0.6 is 0 Å². The van der Waals surface area contributed by atoms with Crippen molar-refractivity contribution in [2.24, 2.45) is 0 Å². The molecule has 1 N–H and O–H groups in total. The summed E-state index contributed by atoms with van der Waals surface area (Å²) in [4.78, 5) is 5.15. The fraction of sp³-hybridized carbons (Fsp3) is 0.500. The highest BCUT2D eigenvalue weighted by Gasteiger charge is 2.26. The Morgan fingerprint density at radius 3 is 1.16 bits per heavy atom. The average molecular weight is 689 g/mol. The molecule has 3 heteroatoms. The molecular weight excluding hydrogens is 621 g/mol. The van der Waals surface area contributed by atoms with E-state index in [9.17, 15) is 5.11 Å². The maximum absolute atomic E-state index is 12.0. The highest BCUT2D eigenvalue weighted by Crippen LogP contribution is 2.24. The van der Waals surface area contributed by atoms with Gasteiger partial charge in [-0.15, -0.1) is 0 Å². The van der Waals surface area contributed by atoms with Gasteiger partial charge in [-0.3, -0.25) is 9.80 Å². The molecule has 276 valence electrons. The third-order valence-corrected chi connectivity index (χ3v) is 10.4. The van der Waals surface area contributed by atoms with Gasteiger partial charge < -0.3 is 5.11 Å². The molecule has 0 radical (unpaired) electrons. The highest BCUT2D eigenvalue weighted by molar-refractivity contribution is 5.19. The van der Waals surface area contributed by atoms with Crippen LogP contribution in [0.3, 0.4) is 0 Å². The number of hydrogen-bond donors (Lipinski definition) is 1. The van der Waals surface area contributed by atoms with Gasteiger partial charge in [0.1, 0.15) is 0 Å². The van der Waals surface area contributed by atoms with Gasteiger partial charge in [0.05, 0.1) is 6.10 Å². The summed E-state index contributed by atoms with van der Waals surface area (Å²) in [5.41, 5.74) is 5.31. The second kappa shape index (κ2) is 25.7. The first-order valence-corrected chi connectivity index (χ1v) is 20.5. The van der Waals surface area contributed by atoms with Crippen LogP contribution in [0.1, 0.15) is 132 Å². The quantitative estimate of drug-likeness (QED) is 0.0602. The van der Waals surface area contributed by atoms with Crippen LogP contribution in [0.5, 0.6) is 0 Å². The summed E-state index contributed by atoms with van der Waals surface area (Å²) >= 11 is 0. The van der Waals surface area contributed by atoms with Gasteiger partial charge in [-0.1, -0.05) is 212 Å². The van der Waals surface area contributed by atoms with Crippen LogP contribution in [-0.2, 0) is 26.2 Å². The van der Waals surface area contributed by atoms with Crippen molar-refractivity contribution in [1.82, 2.24) is 9.80 Å². The maximum atomic E-state index is 12.0. The Morgan fingerprint density at radius 2 is 0.765 bits per heavy atom. The van der Waals surface area contributed by atoms with Gasteiger partial charge in [0.2, 0.25) is 0 Å². The van der Waals surface area contributed by atoms with E-state index < -0.39 is 0 Å². The maximum Gasteiger partial charge on any atom is 0.0695 e. The molecule has 4 aromatic rings. The minimum atomic E-state index is -0.346. The van der Waals surface area contributed by atoms with E-state index in [4.69, 9.17) is 0 Å². The third-order valence-electron chi connectivity index (χ3n) is 10.4. The number of unbranched alkanes of at least 4 members (excludes halogenated alkanes) is 12. The van der Waals surface area contributed by atoms with E-state index >= 15 is 0 Å². The van der Waals surface area contributed by atoms with Gasteiger partial charge in [-0.2, -0.15) is 0 Å². The first-order chi connectivity index (χ1) is 25.2. The van der Waals surface area contributed by atoms with Crippen LogP contribution in [0, 0.1) is 0 Å². The van der Waals surface area contributed by atoms with E-state index in [2.05, 4.69) is 138 Å². The Labute approximate surface area is 312 Å². The van der Waals surface area contributed by atoms with Crippen molar-refractivity contribution < 1.29 is 5.11 Å². The van der Waals surface area contributed by atoms with Crippen molar-refractivity contribution in [3.8, 4) is 0 Å². The average Bonchev–Trinajstić information content (AvgIpc) is 3.16. The van der Waals surface area contributed by atoms with Gasteiger partial charge in [-0.05, 0) is 48.1 Å². The second-order valence-electron chi connectivity index (χ2n) is 14.9. The van der Waals surface area contributed by atoms with Crippen molar-refractivity contribution in [1.29, 1.82) is 0 Å². The standard InChI is InChI=1S/C48H68N2O/c1-2-3-4-5-6-7-8-9-10-11-12-13-26-37-48(51)47(50(41-45-32-22-16-23-33-45)42-46-34-24-17-25-35-46)36-27-38-49(39-43-28-18-14-19-29-43)40-44-30-20-15-21-31-44/h14-25,28-35,47-48,51H,2-13,26-27,36-42H2,1H3/t47-,48+/m0/s1. The van der Waals surface area contributed by atoms with E-state index in [1.165, 1.54) is 99.3 Å². The molecule has 0 spiro atoms. The SMILES string of the molecule is CCCCCCCCCCCCCCC[C@@H](O)[C@H](CCCN(Cc1ccccc1)Cc1ccccc1)N(Cc1ccccc1)Cc1ccccc1. The molecule has 0 aliphatic heterocycles. The van der Waals surface area contributed by atoms with Crippen LogP contribution in [0.15, 0.2) is 121 Å². The van der Waals surface area contributed by atoms with E-state index in [0.29, 0.717) is 0 Å². The normalized spacial score (nSPS) is 12.8. The molecule has 0 fully saturated rings. The Bertz CT molecular complexity index is 1280. The smallest absolute Gasteiger partial charge is 0.0695 e.